The van der Waals surface area contributed by atoms with Gasteiger partial charge in [-0.25, -0.2) is 0 Å². The van der Waals surface area contributed by atoms with E-state index in [4.69, 9.17) is 0 Å². The molecule has 0 saturated carbocycles. The van der Waals surface area contributed by atoms with Gasteiger partial charge < -0.3 is 0 Å². The van der Waals surface area contributed by atoms with Gasteiger partial charge in [0.15, 0.2) is 0 Å². The van der Waals surface area contributed by atoms with E-state index in [-0.39, 0.29) is 0 Å². The van der Waals surface area contributed by atoms with Crippen molar-refractivity contribution in [2.45, 2.75) is 65.6 Å². The van der Waals surface area contributed by atoms with Crippen LogP contribution in [0.15, 0.2) is 17.0 Å². The lowest BCUT2D eigenvalue weighted by Gasteiger charge is -2.18. The first-order chi connectivity index (χ1) is 6.52. The van der Waals surface area contributed by atoms with E-state index < -0.39 is 8.07 Å². The van der Waals surface area contributed by atoms with Gasteiger partial charge in [0, 0.05) is 0 Å². The van der Waals surface area contributed by atoms with Gasteiger partial charge in [0.25, 0.3) is 0 Å². The van der Waals surface area contributed by atoms with Crippen molar-refractivity contribution in [3.63, 3.8) is 0 Å². The molecule has 82 valence electrons. The Kier molecular flexibility index (Phi) is 6.95. The number of allylic oxidation sites excluding steroid dienone is 1. The summed E-state index contributed by atoms with van der Waals surface area (Å²) in [7, 11) is -1.09. The molecule has 0 radical (unpaired) electrons. The van der Waals surface area contributed by atoms with E-state index in [1.54, 1.807) is 5.20 Å². The molecule has 0 fully saturated rings. The molecule has 0 spiro atoms. The van der Waals surface area contributed by atoms with Crippen LogP contribution in [0.1, 0.15) is 46.0 Å². The number of hydrogen-bond donors (Lipinski definition) is 0. The predicted octanol–water partition coefficient (Wildman–Crippen LogP) is 4.94. The van der Waals surface area contributed by atoms with E-state index in [1.807, 2.05) is 0 Å². The van der Waals surface area contributed by atoms with E-state index in [2.05, 4.69) is 45.3 Å². The van der Waals surface area contributed by atoms with Crippen LogP contribution in [0.2, 0.25) is 19.6 Å². The third-order valence-corrected chi connectivity index (χ3v) is 4.71. The van der Waals surface area contributed by atoms with Gasteiger partial charge in [0.1, 0.15) is 0 Å². The van der Waals surface area contributed by atoms with Crippen LogP contribution in [-0.4, -0.2) is 8.07 Å². The minimum Gasteiger partial charge on any atom is -0.131 e. The fourth-order valence-corrected chi connectivity index (χ4v) is 3.07. The minimum absolute atomic E-state index is 1.09. The summed E-state index contributed by atoms with van der Waals surface area (Å²) in [5.41, 5.74) is 3.45. The van der Waals surface area contributed by atoms with Gasteiger partial charge in [-0.15, -0.1) is 5.73 Å². The van der Waals surface area contributed by atoms with Crippen LogP contribution in [0.3, 0.4) is 0 Å². The minimum atomic E-state index is -1.09. The van der Waals surface area contributed by atoms with Gasteiger partial charge in [0.05, 0.1) is 8.07 Å². The predicted molar refractivity (Wildman–Crippen MR) is 69.4 cm³/mol. The monoisotopic (exact) mass is 210 g/mol. The molecule has 0 rings (SSSR count). The Morgan fingerprint density at radius 3 is 2.21 bits per heavy atom. The third-order valence-electron chi connectivity index (χ3n) is 2.50. The lowest BCUT2D eigenvalue weighted by Crippen LogP contribution is -2.23. The maximum atomic E-state index is 3.45. The number of hydrogen-bond acceptors (Lipinski definition) is 0. The average Bonchev–Trinajstić information content (AvgIpc) is 2.08. The highest BCUT2D eigenvalue weighted by atomic mass is 28.3. The van der Waals surface area contributed by atoms with Crippen LogP contribution < -0.4 is 0 Å². The molecule has 0 aromatic carbocycles. The molecule has 14 heavy (non-hydrogen) atoms. The van der Waals surface area contributed by atoms with Crippen LogP contribution in [0.25, 0.3) is 0 Å². The second-order valence-electron chi connectivity index (χ2n) is 4.97. The summed E-state index contributed by atoms with van der Waals surface area (Å²) in [6.07, 6.45) is 8.81. The van der Waals surface area contributed by atoms with Crippen LogP contribution >= 0.6 is 0 Å². The number of unbranched alkanes of at least 4 members (excludes halogenated alkanes) is 3. The summed E-state index contributed by atoms with van der Waals surface area (Å²) < 4.78 is 0. The van der Waals surface area contributed by atoms with Gasteiger partial charge >= 0.3 is 0 Å². The highest BCUT2D eigenvalue weighted by Crippen LogP contribution is 2.20. The zero-order chi connectivity index (χ0) is 11.0. The molecule has 0 unspecified atom stereocenters. The maximum absolute atomic E-state index is 3.45. The first-order valence-electron chi connectivity index (χ1n) is 5.93. The molecule has 0 bridgehead atoms. The molecule has 0 aliphatic heterocycles. The Morgan fingerprint density at radius 2 is 1.79 bits per heavy atom. The Labute approximate surface area is 91.1 Å². The van der Waals surface area contributed by atoms with E-state index in [1.165, 1.54) is 32.1 Å². The van der Waals surface area contributed by atoms with Crippen LogP contribution in [0, 0.1) is 0 Å². The van der Waals surface area contributed by atoms with E-state index in [9.17, 15) is 0 Å². The summed E-state index contributed by atoms with van der Waals surface area (Å²) in [4.78, 5) is 0. The fourth-order valence-electron chi connectivity index (χ4n) is 1.57. The van der Waals surface area contributed by atoms with Crippen LogP contribution in [0.5, 0.6) is 0 Å². The maximum Gasteiger partial charge on any atom is 0.0823 e. The van der Waals surface area contributed by atoms with E-state index in [0.29, 0.717) is 0 Å². The first kappa shape index (κ1) is 13.7. The van der Waals surface area contributed by atoms with Gasteiger partial charge in [-0.2, -0.15) is 0 Å². The molecule has 1 heteroatoms. The Balaban J connectivity index is 4.08. The number of rotatable bonds is 6. The molecular weight excluding hydrogens is 184 g/mol. The summed E-state index contributed by atoms with van der Waals surface area (Å²) in [5, 5.41) is 1.61. The topological polar surface area (TPSA) is 0 Å². The van der Waals surface area contributed by atoms with E-state index >= 15 is 0 Å². The summed E-state index contributed by atoms with van der Waals surface area (Å²) in [6.45, 7) is 11.6. The molecule has 0 heterocycles. The van der Waals surface area contributed by atoms with Crippen molar-refractivity contribution in [2.75, 3.05) is 0 Å². The first-order valence-corrected chi connectivity index (χ1v) is 9.43. The molecule has 0 aromatic heterocycles. The van der Waals surface area contributed by atoms with Crippen molar-refractivity contribution in [1.82, 2.24) is 0 Å². The smallest absolute Gasteiger partial charge is 0.0823 e. The molecule has 0 saturated heterocycles. The zero-order valence-corrected chi connectivity index (χ0v) is 11.6. The zero-order valence-electron chi connectivity index (χ0n) is 10.6. The molecule has 0 aromatic rings. The third kappa shape index (κ3) is 6.23. The molecule has 0 atom stereocenters. The van der Waals surface area contributed by atoms with Crippen molar-refractivity contribution >= 4 is 8.07 Å². The Morgan fingerprint density at radius 1 is 1.14 bits per heavy atom. The summed E-state index contributed by atoms with van der Waals surface area (Å²) in [5.74, 6) is 0. The normalized spacial score (nSPS) is 10.9. The van der Waals surface area contributed by atoms with Crippen LogP contribution in [0.4, 0.5) is 0 Å². The highest BCUT2D eigenvalue weighted by molar-refractivity contribution is 6.83. The Hall–Kier alpha value is -0.263. The molecule has 0 N–H and O–H groups in total. The second kappa shape index (κ2) is 7.08. The highest BCUT2D eigenvalue weighted by Gasteiger charge is 2.18. The van der Waals surface area contributed by atoms with Crippen molar-refractivity contribution in [1.29, 1.82) is 0 Å². The molecule has 0 aliphatic carbocycles. The standard InChI is InChI=1S/C13H26Si/c1-6-8-9-10-12-13(11-7-2)14(3,4)5/h7H,6,8-10,12H2,1-5H3. The van der Waals surface area contributed by atoms with Gasteiger partial charge in [-0.1, -0.05) is 45.8 Å². The largest absolute Gasteiger partial charge is 0.131 e. The van der Waals surface area contributed by atoms with Crippen molar-refractivity contribution < 1.29 is 0 Å². The molecule has 0 amide bonds. The lowest BCUT2D eigenvalue weighted by atomic mass is 10.1. The summed E-state index contributed by atoms with van der Waals surface area (Å²) in [6, 6.07) is 0. The van der Waals surface area contributed by atoms with Crippen LogP contribution in [-0.2, 0) is 0 Å². The van der Waals surface area contributed by atoms with Gasteiger partial charge in [-0.05, 0) is 31.0 Å². The lowest BCUT2D eigenvalue weighted by molar-refractivity contribution is 0.670. The van der Waals surface area contributed by atoms with Crippen molar-refractivity contribution in [2.24, 2.45) is 0 Å². The molecular formula is C13H26Si. The molecule has 0 nitrogen and oxygen atoms in total. The second-order valence-corrected chi connectivity index (χ2v) is 10.1. The van der Waals surface area contributed by atoms with Crippen molar-refractivity contribution in [3.05, 3.63) is 17.0 Å². The quantitative estimate of drug-likeness (QED) is 0.331. The van der Waals surface area contributed by atoms with Gasteiger partial charge in [0.2, 0.25) is 0 Å². The molecule has 0 aliphatic rings. The summed E-state index contributed by atoms with van der Waals surface area (Å²) >= 11 is 0. The fraction of sp³-hybridized carbons (Fsp3) is 0.769. The van der Waals surface area contributed by atoms with Crippen molar-refractivity contribution in [3.8, 4) is 0 Å². The van der Waals surface area contributed by atoms with E-state index in [0.717, 1.165) is 0 Å². The van der Waals surface area contributed by atoms with Gasteiger partial charge in [-0.3, -0.25) is 0 Å². The SMILES string of the molecule is CC=C=C(CCCCCC)[Si](C)(C)C. The Bertz CT molecular complexity index is 202. The average molecular weight is 210 g/mol.